The minimum Gasteiger partial charge on any atom is -0.398 e. The topological polar surface area (TPSA) is 306 Å². The molecule has 0 aliphatic carbocycles. The molecule has 0 unspecified atom stereocenters. The Morgan fingerprint density at radius 3 is 1.11 bits per heavy atom. The van der Waals surface area contributed by atoms with Crippen molar-refractivity contribution in [2.75, 3.05) is 32.9 Å². The van der Waals surface area contributed by atoms with E-state index in [2.05, 4.69) is 4.90 Å². The quantitative estimate of drug-likeness (QED) is 0.0457. The lowest BCUT2D eigenvalue weighted by atomic mass is 10.1. The van der Waals surface area contributed by atoms with Gasteiger partial charge in [0.1, 0.15) is 5.02 Å². The number of benzene rings is 9. The van der Waals surface area contributed by atoms with Crippen LogP contribution in [0.25, 0.3) is 0 Å². The van der Waals surface area contributed by atoms with E-state index in [4.69, 9.17) is 142 Å². The highest BCUT2D eigenvalue weighted by Gasteiger charge is 2.33. The highest BCUT2D eigenvalue weighted by atomic mass is 35.7. The van der Waals surface area contributed by atoms with Gasteiger partial charge in [-0.05, 0) is 179 Å². The number of hydrogen-bond acceptors (Lipinski definition) is 19. The van der Waals surface area contributed by atoms with E-state index >= 15 is 0 Å². The number of nitrogen functional groups attached to an aromatic ring is 1. The molecule has 0 saturated carbocycles. The zero-order valence-electron chi connectivity index (χ0n) is 51.1. The summed E-state index contributed by atoms with van der Waals surface area (Å²) in [5, 5.41) is 69.6. The highest BCUT2D eigenvalue weighted by Crippen LogP contribution is 2.44. The van der Waals surface area contributed by atoms with Crippen LogP contribution >= 0.6 is 162 Å². The van der Waals surface area contributed by atoms with Gasteiger partial charge in [-0.3, -0.25) is 20.2 Å². The summed E-state index contributed by atoms with van der Waals surface area (Å²) >= 11 is 58.6. The van der Waals surface area contributed by atoms with Gasteiger partial charge in [-0.1, -0.05) is 151 Å². The van der Waals surface area contributed by atoms with Crippen LogP contribution in [0.15, 0.2) is 213 Å². The van der Waals surface area contributed by atoms with Crippen LogP contribution in [0, 0.1) is 76.9 Å². The van der Waals surface area contributed by atoms with Crippen molar-refractivity contribution in [1.29, 1.82) is 26.3 Å². The second-order valence-electron chi connectivity index (χ2n) is 20.2. The van der Waals surface area contributed by atoms with Gasteiger partial charge in [-0.15, -0.1) is 0 Å². The van der Waals surface area contributed by atoms with Crippen molar-refractivity contribution in [2.24, 2.45) is 0 Å². The average molecular weight is 1650 g/mol. The maximum Gasteiger partial charge on any atom is 0.289 e. The Balaban J connectivity index is 0.000000202. The summed E-state index contributed by atoms with van der Waals surface area (Å²) in [6, 6.07) is 52.3. The maximum atomic E-state index is 13.4. The first-order chi connectivity index (χ1) is 47.3. The van der Waals surface area contributed by atoms with Gasteiger partial charge in [0.15, 0.2) is 0 Å². The summed E-state index contributed by atoms with van der Waals surface area (Å²) in [5.41, 5.74) is 7.56. The molecule has 9 aromatic carbocycles. The molecule has 18 nitrogen and oxygen atoms in total. The van der Waals surface area contributed by atoms with Crippen LogP contribution in [0.1, 0.15) is 40.7 Å². The van der Waals surface area contributed by atoms with Crippen molar-refractivity contribution >= 4 is 198 Å². The first-order valence-corrected chi connectivity index (χ1v) is 38.2. The summed E-state index contributed by atoms with van der Waals surface area (Å²) in [4.78, 5) is 27.2. The number of nitrogens with two attached hydrogens (primary N) is 1. The van der Waals surface area contributed by atoms with E-state index in [1.165, 1.54) is 82.4 Å². The number of halogens is 10. The molecule has 10 rings (SSSR count). The van der Waals surface area contributed by atoms with E-state index < -0.39 is 28.9 Å². The third-order valence-corrected chi connectivity index (χ3v) is 24.5. The number of sulfonamides is 1. The highest BCUT2D eigenvalue weighted by molar-refractivity contribution is 8.14. The molecule has 1 aliphatic rings. The van der Waals surface area contributed by atoms with Gasteiger partial charge in [0, 0.05) is 102 Å². The SMILES string of the molecule is CN(C)C1CCN(S(=O)(=O)c2cc(C#N)ccc2Sc2cc(Cl)ccc2Cl)CC1.N#Cc1ccc(Cl)c([N+](=O)[O-])c1.N#Cc1ccc(Sc2cc(Cl)ccc2Cl)c(N)c1.N#Cc1ccc(Sc2cc(Cl)ccc2Cl)c(S(=O)(=O)Cl)c1.N#Cc1ccc(Sc2cc(Cl)ccc2Cl)c([N+](=O)[O-])c1. The normalized spacial score (nSPS) is 11.9. The van der Waals surface area contributed by atoms with Crippen molar-refractivity contribution in [1.82, 2.24) is 9.21 Å². The summed E-state index contributed by atoms with van der Waals surface area (Å²) in [6.45, 7) is 0.897. The van der Waals surface area contributed by atoms with Crippen molar-refractivity contribution in [3.63, 3.8) is 0 Å². The Kier molecular flexibility index (Phi) is 31.6. The van der Waals surface area contributed by atoms with Crippen LogP contribution in [-0.4, -0.2) is 69.1 Å². The number of nitrogens with zero attached hydrogens (tertiary/aromatic N) is 9. The van der Waals surface area contributed by atoms with Gasteiger partial charge >= 0.3 is 0 Å². The van der Waals surface area contributed by atoms with E-state index in [1.807, 2.05) is 38.4 Å². The molecule has 1 aliphatic heterocycles. The summed E-state index contributed by atoms with van der Waals surface area (Å²) < 4.78 is 51.7. The molecule has 0 bridgehead atoms. The first-order valence-electron chi connectivity index (χ1n) is 27.8. The predicted molar refractivity (Wildman–Crippen MR) is 399 cm³/mol. The summed E-state index contributed by atoms with van der Waals surface area (Å²) in [6.07, 6.45) is 1.54. The Morgan fingerprint density at radius 2 is 0.740 bits per heavy atom. The molecule has 1 saturated heterocycles. The average Bonchev–Trinajstić information content (AvgIpc) is 0.787. The number of anilines is 1. The molecule has 34 heteroatoms. The number of nitriles is 5. The zero-order chi connectivity index (χ0) is 73.8. The fraction of sp³-hybridized carbons (Fsp3) is 0.106. The molecule has 100 heavy (non-hydrogen) atoms. The molecule has 512 valence electrons. The van der Waals surface area contributed by atoms with Crippen molar-refractivity contribution < 1.29 is 26.7 Å². The second-order valence-corrected chi connectivity index (χ2v) is 32.8. The Labute approximate surface area is 642 Å². The van der Waals surface area contributed by atoms with Gasteiger partial charge in [0.2, 0.25) is 10.0 Å². The van der Waals surface area contributed by atoms with Crippen molar-refractivity contribution in [3.8, 4) is 30.3 Å². The first kappa shape index (κ1) is 82.1. The lowest BCUT2D eigenvalue weighted by molar-refractivity contribution is -0.387. The van der Waals surface area contributed by atoms with Crippen LogP contribution in [0.5, 0.6) is 0 Å². The smallest absolute Gasteiger partial charge is 0.289 e. The molecular formula is C66H44Cl10N10O8S6. The Morgan fingerprint density at radius 1 is 0.430 bits per heavy atom. The van der Waals surface area contributed by atoms with Crippen LogP contribution in [0.3, 0.4) is 0 Å². The van der Waals surface area contributed by atoms with Crippen LogP contribution in [0.2, 0.25) is 45.2 Å². The fourth-order valence-corrected chi connectivity index (χ4v) is 17.7. The molecule has 2 N–H and O–H groups in total. The van der Waals surface area contributed by atoms with E-state index in [1.54, 1.807) is 109 Å². The minimum absolute atomic E-state index is 0.0407. The van der Waals surface area contributed by atoms with E-state index in [9.17, 15) is 42.3 Å². The monoisotopic (exact) mass is 1650 g/mol. The number of nitro groups is 2. The third-order valence-electron chi connectivity index (χ3n) is 13.3. The zero-order valence-corrected chi connectivity index (χ0v) is 63.5. The lowest BCUT2D eigenvalue weighted by Crippen LogP contribution is -2.44. The second kappa shape index (κ2) is 38.4. The van der Waals surface area contributed by atoms with Gasteiger partial charge in [0.25, 0.3) is 20.4 Å². The van der Waals surface area contributed by atoms with Crippen LogP contribution < -0.4 is 5.73 Å². The molecule has 0 atom stereocenters. The Bertz CT molecular complexity index is 5050. The van der Waals surface area contributed by atoms with Crippen LogP contribution in [-0.2, 0) is 19.1 Å². The maximum absolute atomic E-state index is 13.4. The molecule has 0 spiro atoms. The number of piperidine rings is 1. The van der Waals surface area contributed by atoms with Crippen molar-refractivity contribution in [2.45, 2.75) is 67.8 Å². The lowest BCUT2D eigenvalue weighted by Gasteiger charge is -2.34. The van der Waals surface area contributed by atoms with E-state index in [0.717, 1.165) is 52.2 Å². The minimum atomic E-state index is -3.98. The van der Waals surface area contributed by atoms with Gasteiger partial charge < -0.3 is 10.6 Å². The summed E-state index contributed by atoms with van der Waals surface area (Å²) in [7, 11) is 1.70. The van der Waals surface area contributed by atoms with Gasteiger partial charge in [0.05, 0.1) is 103 Å². The van der Waals surface area contributed by atoms with Crippen molar-refractivity contribution in [3.05, 3.63) is 257 Å². The molecule has 0 aromatic heterocycles. The standard InChI is InChI=1S/C20H21Cl2N3O2S2.C13H6Cl3NO2S2.C13H6Cl2N2O2S.C13H8Cl2N2S.C7H3ClN2O2/c1-24(2)16-7-9-25(10-8-16)29(26,27)20-11-14(13-23)3-6-18(20)28-19-12-15(21)4-5-17(19)22;14-9-2-3-10(15)12(6-9)20-11-4-1-8(7-17)5-13(11)21(16,18)19;14-9-2-3-10(15)13(6-9)20-12-4-1-8(7-16)5-11(12)17(18)19;14-9-2-3-10(15)13(6-9)18-12-4-1-8(7-16)5-11(12)17;8-6-2-1-5(4-9)3-7(6)10(11)12/h3-6,11-12,16H,7-10H2,1-2H3;1-6H;1-6H;1-6H,17H2;1-3H. The van der Waals surface area contributed by atoms with Gasteiger partial charge in [-0.2, -0.15) is 30.6 Å². The molecule has 9 aromatic rings. The molecule has 0 amide bonds. The van der Waals surface area contributed by atoms with Crippen LogP contribution in [0.4, 0.5) is 17.1 Å². The van der Waals surface area contributed by atoms with Gasteiger partial charge in [-0.25, -0.2) is 16.8 Å². The Hall–Kier alpha value is -6.85. The molecule has 0 radical (unpaired) electrons. The number of nitro benzene ring substituents is 2. The molecular weight excluding hydrogens is 1610 g/mol. The predicted octanol–water partition coefficient (Wildman–Crippen LogP) is 21.3. The largest absolute Gasteiger partial charge is 0.398 e. The van der Waals surface area contributed by atoms with E-state index in [0.29, 0.717) is 105 Å². The van der Waals surface area contributed by atoms with E-state index in [-0.39, 0.29) is 42.9 Å². The summed E-state index contributed by atoms with van der Waals surface area (Å²) in [5.74, 6) is 0. The number of hydrogen-bond donors (Lipinski definition) is 1. The molecule has 1 fully saturated rings. The molecule has 1 heterocycles. The number of rotatable bonds is 14. The third kappa shape index (κ3) is 23.9. The fourth-order valence-electron chi connectivity index (χ4n) is 8.40.